The monoisotopic (exact) mass is 820 g/mol. The Kier molecular flexibility index (Phi) is 52.5. The van der Waals surface area contributed by atoms with Gasteiger partial charge in [0.1, 0.15) is 0 Å². The first-order valence-electron chi connectivity index (χ1n) is 13.4. The summed E-state index contributed by atoms with van der Waals surface area (Å²) in [7, 11) is -3.49. The summed E-state index contributed by atoms with van der Waals surface area (Å²) in [5.74, 6) is 0. The van der Waals surface area contributed by atoms with E-state index in [0.717, 1.165) is 13.1 Å². The number of likely N-dealkylation sites (tertiary alicyclic amines) is 1. The van der Waals surface area contributed by atoms with Crippen LogP contribution in [0.4, 0.5) is 0 Å². The van der Waals surface area contributed by atoms with E-state index in [0.29, 0.717) is 18.1 Å². The average Bonchev–Trinajstić information content (AvgIpc) is 3.47. The maximum Gasteiger partial charge on any atom is 0.238 e. The van der Waals surface area contributed by atoms with Crippen LogP contribution in [0.25, 0.3) is 0 Å². The van der Waals surface area contributed by atoms with Crippen LogP contribution in [-0.2, 0) is 47.5 Å². The van der Waals surface area contributed by atoms with Crippen LogP contribution in [0, 0.1) is 37.5 Å². The molecule has 0 spiro atoms. The summed E-state index contributed by atoms with van der Waals surface area (Å²) in [5, 5.41) is 0. The molecule has 2 aliphatic heterocycles. The first-order chi connectivity index (χ1) is 16.1. The molecule has 1 aromatic rings. The van der Waals surface area contributed by atoms with Crippen LogP contribution in [0.1, 0.15) is 97.4 Å². The molecule has 2 heterocycles. The molecule has 0 aliphatic carbocycles. The van der Waals surface area contributed by atoms with Crippen molar-refractivity contribution in [3.63, 3.8) is 0 Å². The minimum Gasteiger partial charge on any atom is -0.384 e. The van der Waals surface area contributed by atoms with E-state index in [1.807, 2.05) is 83.1 Å². The number of nitrogens with zero attached hydrogens (tertiary/aromatic N) is 1. The Hall–Kier alpha value is 1.21. The smallest absolute Gasteiger partial charge is 0.238 e. The minimum atomic E-state index is -3.49. The zero-order valence-electron chi connectivity index (χ0n) is 25.0. The molecule has 5 nitrogen and oxygen atoms in total. The molecule has 0 bridgehead atoms. The summed E-state index contributed by atoms with van der Waals surface area (Å²) in [4.78, 5) is 2.66. The van der Waals surface area contributed by atoms with Crippen LogP contribution in [0.2, 0.25) is 0 Å². The summed E-state index contributed by atoms with van der Waals surface area (Å²) in [6, 6.07) is 8.40. The molecule has 1 radical (unpaired) electrons. The topological polar surface area (TPSA) is 58.6 Å². The number of ether oxygens (including phenoxy) is 1. The van der Waals surface area contributed by atoms with Gasteiger partial charge in [-0.1, -0.05) is 113 Å². The summed E-state index contributed by atoms with van der Waals surface area (Å²) in [6.07, 6.45) is 4.50. The Morgan fingerprint density at radius 3 is 1.69 bits per heavy atom. The molecule has 35 heavy (non-hydrogen) atoms. The van der Waals surface area contributed by atoms with Crippen molar-refractivity contribution >= 4 is 10.0 Å². The van der Waals surface area contributed by atoms with E-state index in [4.69, 9.17) is 4.74 Å². The molecule has 209 valence electrons. The van der Waals surface area contributed by atoms with E-state index >= 15 is 0 Å². The van der Waals surface area contributed by atoms with Crippen molar-refractivity contribution in [1.29, 1.82) is 0 Å². The van der Waals surface area contributed by atoms with Crippen molar-refractivity contribution in [1.82, 2.24) is 9.62 Å². The Bertz CT molecular complexity index is 580. The van der Waals surface area contributed by atoms with Crippen molar-refractivity contribution < 1.29 is 78.4 Å². The third-order valence-electron chi connectivity index (χ3n) is 4.01. The Labute approximate surface area is 271 Å². The zero-order chi connectivity index (χ0) is 26.7. The molecule has 2 atom stereocenters. The third-order valence-corrected chi connectivity index (χ3v) is 5.52. The number of hydrogen-bond donors (Lipinski definition) is 1. The molecule has 0 amide bonds. The van der Waals surface area contributed by atoms with Gasteiger partial charge >= 0.3 is 0 Å². The first kappa shape index (κ1) is 49.2. The fourth-order valence-electron chi connectivity index (χ4n) is 2.94. The van der Waals surface area contributed by atoms with Crippen LogP contribution >= 0.6 is 0 Å². The molecule has 0 aromatic heterocycles. The number of rotatable bonds is 4. The fraction of sp³-hybridized carbons (Fsp3) is 0.741. The van der Waals surface area contributed by atoms with Gasteiger partial charge < -0.3 is 9.64 Å². The maximum atomic E-state index is 12.3. The van der Waals surface area contributed by atoms with Crippen molar-refractivity contribution in [3.8, 4) is 0 Å². The van der Waals surface area contributed by atoms with Gasteiger partial charge in [-0.15, -0.1) is 0 Å². The minimum absolute atomic E-state index is 0. The molecule has 1 N–H and O–H groups in total. The molecule has 2 unspecified atom stereocenters. The van der Waals surface area contributed by atoms with Crippen molar-refractivity contribution in [2.45, 2.75) is 113 Å². The van der Waals surface area contributed by atoms with Gasteiger partial charge in [0.05, 0.1) is 4.90 Å². The fourth-order valence-corrected chi connectivity index (χ4v) is 4.13. The molecule has 3 rings (SSSR count). The summed E-state index contributed by atoms with van der Waals surface area (Å²) in [5.41, 5.74) is 0. The van der Waals surface area contributed by atoms with Gasteiger partial charge in [0.25, 0.3) is 0 Å². The van der Waals surface area contributed by atoms with Crippen LogP contribution in [-0.4, -0.2) is 51.7 Å². The van der Waals surface area contributed by atoms with E-state index in [2.05, 4.69) is 16.0 Å². The number of nitrogens with one attached hydrogen (secondary N) is 1. The largest absolute Gasteiger partial charge is 0.384 e. The third kappa shape index (κ3) is 22.9. The second-order valence-electron chi connectivity index (χ2n) is 5.58. The van der Waals surface area contributed by atoms with Crippen LogP contribution < -0.4 is 4.72 Å². The Morgan fingerprint density at radius 2 is 1.26 bits per heavy atom. The summed E-state index contributed by atoms with van der Waals surface area (Å²) in [6.45, 7) is 27.2. The van der Waals surface area contributed by atoms with Gasteiger partial charge in [0.15, 0.2) is 0 Å². The molecular formula is C27H59N2O3SUY-. The van der Waals surface area contributed by atoms with Gasteiger partial charge in [0.2, 0.25) is 10.0 Å². The Morgan fingerprint density at radius 1 is 0.829 bits per heavy atom. The molecule has 2 aliphatic rings. The van der Waals surface area contributed by atoms with Crippen molar-refractivity contribution in [2.75, 3.05) is 26.3 Å². The molecular weight excluding hydrogens is 759 g/mol. The number of benzene rings is 1. The summed E-state index contributed by atoms with van der Waals surface area (Å²) < 4.78 is 33.0. The number of hydrogen-bond acceptors (Lipinski definition) is 4. The average molecular weight is 821 g/mol. The van der Waals surface area contributed by atoms with Crippen LogP contribution in [0.5, 0.6) is 0 Å². The Balaban J connectivity index is -0.0000000992. The van der Waals surface area contributed by atoms with E-state index in [1.165, 1.54) is 12.8 Å². The zero-order valence-corrected chi connectivity index (χ0v) is 32.8. The SMILES string of the molecule is CC.CC.CC.CC.CC.CC.O=S(=O)(NC1[CH-]C(N2CCCC2)COC1)c1ccccc1.[3HH].[U].[Y]. The van der Waals surface area contributed by atoms with E-state index in [9.17, 15) is 8.42 Å². The van der Waals surface area contributed by atoms with Crippen LogP contribution in [0.15, 0.2) is 35.2 Å². The van der Waals surface area contributed by atoms with Crippen molar-refractivity contribution in [2.24, 2.45) is 0 Å². The standard InChI is InChI=1S/C15H21N2O3S.6C2H6.U.Y.H2/c18-21(19,15-6-2-1-3-7-15)16-13-10-14(12-20-11-13)17-8-4-5-9-17;6*1-2;;;/h1-3,6-7,10,13-14,16H,4-5,8-9,11-12H2;6*1-2H3;;;1H/q-1;;;;;;;;;/i;;;;;;;;;1+2. The molecule has 2 saturated heterocycles. The predicted octanol–water partition coefficient (Wildman–Crippen LogP) is 7.43. The van der Waals surface area contributed by atoms with E-state index in [1.54, 1.807) is 30.3 Å². The first-order valence-corrected chi connectivity index (χ1v) is 14.9. The molecule has 8 heteroatoms. The molecule has 0 saturated carbocycles. The quantitative estimate of drug-likeness (QED) is 0.322. The van der Waals surface area contributed by atoms with Gasteiger partial charge in [-0.25, -0.2) is 13.1 Å². The number of sulfonamides is 1. The predicted molar refractivity (Wildman–Crippen MR) is 150 cm³/mol. The molecule has 1 aromatic carbocycles. The summed E-state index contributed by atoms with van der Waals surface area (Å²) >= 11 is 0. The van der Waals surface area contributed by atoms with Gasteiger partial charge in [-0.05, 0) is 38.1 Å². The maximum absolute atomic E-state index is 12.3. The second-order valence-corrected chi connectivity index (χ2v) is 7.30. The van der Waals surface area contributed by atoms with Gasteiger partial charge in [-0.2, -0.15) is 0 Å². The van der Waals surface area contributed by atoms with Crippen molar-refractivity contribution in [3.05, 3.63) is 36.8 Å². The molecule has 2 fully saturated rings. The second kappa shape index (κ2) is 37.4. The van der Waals surface area contributed by atoms with E-state index < -0.39 is 10.0 Å². The van der Waals surface area contributed by atoms with Gasteiger partial charge in [0, 0.05) is 78.5 Å². The van der Waals surface area contributed by atoms with Crippen LogP contribution in [0.3, 0.4) is 0 Å². The van der Waals surface area contributed by atoms with Gasteiger partial charge in [-0.3, -0.25) is 6.42 Å². The normalized spacial score (nSPS) is 17.7. The van der Waals surface area contributed by atoms with E-state index in [-0.39, 0.29) is 77.3 Å².